The Morgan fingerprint density at radius 2 is 2.11 bits per heavy atom. The normalized spacial score (nSPS) is 10.7. The van der Waals surface area contributed by atoms with E-state index in [0.717, 1.165) is 41.5 Å². The first-order valence-corrected chi connectivity index (χ1v) is 6.50. The molecule has 19 heavy (non-hydrogen) atoms. The number of imidazole rings is 1. The number of methoxy groups -OCH3 is 1. The minimum atomic E-state index is 0.861. The molecule has 0 fully saturated rings. The molecule has 0 saturated carbocycles. The second kappa shape index (κ2) is 5.89. The van der Waals surface area contributed by atoms with Crippen LogP contribution in [0.3, 0.4) is 0 Å². The summed E-state index contributed by atoms with van der Waals surface area (Å²) >= 11 is 0. The van der Waals surface area contributed by atoms with Crippen molar-refractivity contribution in [3.8, 4) is 17.0 Å². The molecule has 1 aromatic carbocycles. The van der Waals surface area contributed by atoms with Crippen molar-refractivity contribution in [2.75, 3.05) is 20.7 Å². The summed E-state index contributed by atoms with van der Waals surface area (Å²) in [6, 6.07) is 6.15. The van der Waals surface area contributed by atoms with E-state index in [1.54, 1.807) is 7.11 Å². The van der Waals surface area contributed by atoms with E-state index < -0.39 is 0 Å². The van der Waals surface area contributed by atoms with E-state index in [-0.39, 0.29) is 0 Å². The molecule has 4 heteroatoms. The quantitative estimate of drug-likeness (QED) is 0.867. The fourth-order valence-electron chi connectivity index (χ4n) is 2.15. The number of benzene rings is 1. The Hall–Kier alpha value is -1.81. The molecule has 0 aliphatic rings. The molecule has 2 rings (SSSR count). The summed E-state index contributed by atoms with van der Waals surface area (Å²) in [6.45, 7) is 5.04. The summed E-state index contributed by atoms with van der Waals surface area (Å²) in [6.07, 6.45) is 0.894. The van der Waals surface area contributed by atoms with E-state index in [2.05, 4.69) is 23.3 Å². The molecule has 2 aromatic rings. The maximum Gasteiger partial charge on any atom is 0.128 e. The fraction of sp³-hybridized carbons (Fsp3) is 0.400. The molecule has 0 saturated heterocycles. The van der Waals surface area contributed by atoms with Crippen LogP contribution in [0.25, 0.3) is 11.3 Å². The van der Waals surface area contributed by atoms with Crippen molar-refractivity contribution in [2.24, 2.45) is 0 Å². The molecule has 102 valence electrons. The number of hydrogen-bond acceptors (Lipinski definition) is 3. The van der Waals surface area contributed by atoms with Gasteiger partial charge in [-0.05, 0) is 33.0 Å². The summed E-state index contributed by atoms with van der Waals surface area (Å²) in [5.74, 6) is 1.87. The number of aryl methyl sites for hydroxylation is 2. The fourth-order valence-corrected chi connectivity index (χ4v) is 2.15. The van der Waals surface area contributed by atoms with Crippen LogP contribution in [-0.4, -0.2) is 30.7 Å². The average Bonchev–Trinajstić information content (AvgIpc) is 2.77. The number of aromatic nitrogens is 2. The van der Waals surface area contributed by atoms with Crippen LogP contribution in [0.15, 0.2) is 18.2 Å². The number of H-pyrrole nitrogens is 1. The molecular formula is C15H21N3O. The van der Waals surface area contributed by atoms with Crippen LogP contribution >= 0.6 is 0 Å². The van der Waals surface area contributed by atoms with Gasteiger partial charge in [0, 0.05) is 24.2 Å². The van der Waals surface area contributed by atoms with Crippen LogP contribution in [-0.2, 0) is 6.42 Å². The van der Waals surface area contributed by atoms with Gasteiger partial charge in [-0.15, -0.1) is 0 Å². The Morgan fingerprint density at radius 3 is 2.79 bits per heavy atom. The van der Waals surface area contributed by atoms with Crippen LogP contribution in [0.2, 0.25) is 0 Å². The summed E-state index contributed by atoms with van der Waals surface area (Å²) < 4.78 is 5.43. The smallest absolute Gasteiger partial charge is 0.128 e. The lowest BCUT2D eigenvalue weighted by Crippen LogP contribution is -2.11. The number of likely N-dealkylation sites (N-methyl/N-ethyl adjacent to an activating group) is 1. The maximum atomic E-state index is 5.43. The zero-order valence-corrected chi connectivity index (χ0v) is 12.0. The number of hydrogen-bond donors (Lipinski definition) is 2. The van der Waals surface area contributed by atoms with Crippen molar-refractivity contribution in [3.05, 3.63) is 35.3 Å². The molecule has 0 bridgehead atoms. The second-order valence-electron chi connectivity index (χ2n) is 4.71. The topological polar surface area (TPSA) is 49.9 Å². The van der Waals surface area contributed by atoms with Gasteiger partial charge >= 0.3 is 0 Å². The molecule has 0 radical (unpaired) electrons. The summed E-state index contributed by atoms with van der Waals surface area (Å²) in [4.78, 5) is 8.03. The summed E-state index contributed by atoms with van der Waals surface area (Å²) in [7, 11) is 3.64. The molecule has 2 N–H and O–H groups in total. The lowest BCUT2D eigenvalue weighted by Gasteiger charge is -2.08. The number of nitrogens with zero attached hydrogens (tertiary/aromatic N) is 1. The molecule has 0 aliphatic heterocycles. The van der Waals surface area contributed by atoms with Crippen molar-refractivity contribution in [3.63, 3.8) is 0 Å². The van der Waals surface area contributed by atoms with Gasteiger partial charge in [0.05, 0.1) is 12.8 Å². The van der Waals surface area contributed by atoms with Gasteiger partial charge in [-0.3, -0.25) is 0 Å². The van der Waals surface area contributed by atoms with Crippen molar-refractivity contribution in [1.29, 1.82) is 0 Å². The van der Waals surface area contributed by atoms with Gasteiger partial charge in [0.25, 0.3) is 0 Å². The highest BCUT2D eigenvalue weighted by Gasteiger charge is 2.13. The maximum absolute atomic E-state index is 5.43. The number of rotatable bonds is 5. The Labute approximate surface area is 114 Å². The standard InChI is InChI=1S/C15H21N3O/c1-10-5-6-13(19-4)12(9-10)15-11(2)17-14(18-15)7-8-16-3/h5-6,9,16H,7-8H2,1-4H3,(H,17,18). The third-order valence-electron chi connectivity index (χ3n) is 3.16. The Kier molecular flexibility index (Phi) is 4.22. The summed E-state index contributed by atoms with van der Waals surface area (Å²) in [5, 5.41) is 3.13. The van der Waals surface area contributed by atoms with E-state index in [1.807, 2.05) is 26.1 Å². The predicted molar refractivity (Wildman–Crippen MR) is 77.7 cm³/mol. The third-order valence-corrected chi connectivity index (χ3v) is 3.16. The molecule has 0 atom stereocenters. The number of nitrogens with one attached hydrogen (secondary N) is 2. The first-order chi connectivity index (χ1) is 9.15. The van der Waals surface area contributed by atoms with Crippen LogP contribution in [0.1, 0.15) is 17.1 Å². The van der Waals surface area contributed by atoms with E-state index in [4.69, 9.17) is 9.72 Å². The van der Waals surface area contributed by atoms with Gasteiger partial charge in [-0.25, -0.2) is 4.98 Å². The lowest BCUT2D eigenvalue weighted by atomic mass is 10.1. The first kappa shape index (κ1) is 13.6. The Balaban J connectivity index is 2.40. The molecule has 1 aromatic heterocycles. The van der Waals surface area contributed by atoms with E-state index in [9.17, 15) is 0 Å². The van der Waals surface area contributed by atoms with Crippen molar-refractivity contribution in [2.45, 2.75) is 20.3 Å². The number of ether oxygens (including phenoxy) is 1. The van der Waals surface area contributed by atoms with Crippen LogP contribution in [0.5, 0.6) is 5.75 Å². The highest BCUT2D eigenvalue weighted by atomic mass is 16.5. The molecular weight excluding hydrogens is 238 g/mol. The zero-order valence-electron chi connectivity index (χ0n) is 12.0. The molecule has 0 aliphatic carbocycles. The largest absolute Gasteiger partial charge is 0.496 e. The highest BCUT2D eigenvalue weighted by Crippen LogP contribution is 2.31. The molecule has 0 unspecified atom stereocenters. The lowest BCUT2D eigenvalue weighted by molar-refractivity contribution is 0.416. The summed E-state index contributed by atoms with van der Waals surface area (Å²) in [5.41, 5.74) is 4.31. The van der Waals surface area contributed by atoms with Crippen molar-refractivity contribution in [1.82, 2.24) is 15.3 Å². The first-order valence-electron chi connectivity index (χ1n) is 6.50. The van der Waals surface area contributed by atoms with Gasteiger partial charge in [-0.2, -0.15) is 0 Å². The van der Waals surface area contributed by atoms with Crippen LogP contribution < -0.4 is 10.1 Å². The van der Waals surface area contributed by atoms with E-state index in [1.165, 1.54) is 5.56 Å². The third kappa shape index (κ3) is 2.96. The monoisotopic (exact) mass is 259 g/mol. The van der Waals surface area contributed by atoms with E-state index >= 15 is 0 Å². The zero-order chi connectivity index (χ0) is 13.8. The van der Waals surface area contributed by atoms with Gasteiger partial charge in [0.15, 0.2) is 0 Å². The Morgan fingerprint density at radius 1 is 1.32 bits per heavy atom. The van der Waals surface area contributed by atoms with Crippen LogP contribution in [0, 0.1) is 13.8 Å². The average molecular weight is 259 g/mol. The van der Waals surface area contributed by atoms with Gasteiger partial charge in [0.1, 0.15) is 11.6 Å². The van der Waals surface area contributed by atoms with Crippen molar-refractivity contribution >= 4 is 0 Å². The van der Waals surface area contributed by atoms with Crippen molar-refractivity contribution < 1.29 is 4.74 Å². The minimum absolute atomic E-state index is 0.861. The van der Waals surface area contributed by atoms with Gasteiger partial charge in [-0.1, -0.05) is 11.6 Å². The molecule has 0 spiro atoms. The predicted octanol–water partition coefficient (Wildman–Crippen LogP) is 2.46. The Bertz CT molecular complexity index is 561. The molecule has 0 amide bonds. The molecule has 1 heterocycles. The van der Waals surface area contributed by atoms with Gasteiger partial charge in [0.2, 0.25) is 0 Å². The van der Waals surface area contributed by atoms with Crippen LogP contribution in [0.4, 0.5) is 0 Å². The SMILES string of the molecule is CNCCc1nc(-c2cc(C)ccc2OC)c(C)[nH]1. The molecule has 4 nitrogen and oxygen atoms in total. The van der Waals surface area contributed by atoms with Gasteiger partial charge < -0.3 is 15.0 Å². The minimum Gasteiger partial charge on any atom is -0.496 e. The van der Waals surface area contributed by atoms with E-state index in [0.29, 0.717) is 0 Å². The highest BCUT2D eigenvalue weighted by molar-refractivity contribution is 5.70. The number of aromatic amines is 1. The second-order valence-corrected chi connectivity index (χ2v) is 4.71.